The molecule has 3 aromatic rings. The summed E-state index contributed by atoms with van der Waals surface area (Å²) in [5, 5.41) is 15.7. The molecule has 1 amide bonds. The monoisotopic (exact) mass is 472 g/mol. The summed E-state index contributed by atoms with van der Waals surface area (Å²) in [5.41, 5.74) is 1.28. The SMILES string of the molecule is O=C(Nc1nc(-c2ccc([N+](=O)[O-])cc2)cs1)C1CCCN(S(=O)(=O)c2ccccc2)C1. The van der Waals surface area contributed by atoms with Gasteiger partial charge in [0.25, 0.3) is 5.69 Å². The molecule has 9 nitrogen and oxygen atoms in total. The normalized spacial score (nSPS) is 17.1. The van der Waals surface area contributed by atoms with Crippen LogP contribution in [0.5, 0.6) is 0 Å². The van der Waals surface area contributed by atoms with E-state index in [1.54, 1.807) is 47.8 Å². The van der Waals surface area contributed by atoms with Crippen LogP contribution in [0.4, 0.5) is 10.8 Å². The van der Waals surface area contributed by atoms with E-state index >= 15 is 0 Å². The highest BCUT2D eigenvalue weighted by Gasteiger charge is 2.33. The average Bonchev–Trinajstić information content (AvgIpc) is 3.28. The number of hydrogen-bond acceptors (Lipinski definition) is 7. The van der Waals surface area contributed by atoms with Crippen LogP contribution in [0.25, 0.3) is 11.3 Å². The lowest BCUT2D eigenvalue weighted by Crippen LogP contribution is -2.43. The highest BCUT2D eigenvalue weighted by molar-refractivity contribution is 7.89. The van der Waals surface area contributed by atoms with Gasteiger partial charge in [-0.3, -0.25) is 14.9 Å². The van der Waals surface area contributed by atoms with E-state index in [-0.39, 0.29) is 23.0 Å². The number of nitro benzene ring substituents is 1. The Balaban J connectivity index is 1.42. The Morgan fingerprint density at radius 3 is 2.56 bits per heavy atom. The minimum atomic E-state index is -3.65. The zero-order chi connectivity index (χ0) is 22.7. The second-order valence-corrected chi connectivity index (χ2v) is 10.1. The highest BCUT2D eigenvalue weighted by atomic mass is 32.2. The van der Waals surface area contributed by atoms with E-state index in [1.807, 2.05) is 0 Å². The third-order valence-electron chi connectivity index (χ3n) is 5.24. The van der Waals surface area contributed by atoms with Gasteiger partial charge in [-0.25, -0.2) is 13.4 Å². The number of amides is 1. The molecule has 0 saturated carbocycles. The Morgan fingerprint density at radius 1 is 1.16 bits per heavy atom. The summed E-state index contributed by atoms with van der Waals surface area (Å²) >= 11 is 1.24. The quantitative estimate of drug-likeness (QED) is 0.430. The Labute approximate surface area is 188 Å². The van der Waals surface area contributed by atoms with Crippen molar-refractivity contribution in [3.8, 4) is 11.3 Å². The van der Waals surface area contributed by atoms with E-state index in [0.29, 0.717) is 35.8 Å². The van der Waals surface area contributed by atoms with Crippen LogP contribution in [-0.4, -0.2) is 41.6 Å². The number of aromatic nitrogens is 1. The fraction of sp³-hybridized carbons (Fsp3) is 0.238. The lowest BCUT2D eigenvalue weighted by atomic mass is 9.99. The molecule has 166 valence electrons. The number of sulfonamides is 1. The van der Waals surface area contributed by atoms with Gasteiger partial charge in [-0.05, 0) is 37.1 Å². The zero-order valence-corrected chi connectivity index (χ0v) is 18.5. The predicted molar refractivity (Wildman–Crippen MR) is 121 cm³/mol. The van der Waals surface area contributed by atoms with Gasteiger partial charge in [0.05, 0.1) is 21.4 Å². The maximum atomic E-state index is 12.9. The number of benzene rings is 2. The molecule has 0 radical (unpaired) electrons. The van der Waals surface area contributed by atoms with Crippen LogP contribution in [0.1, 0.15) is 12.8 Å². The summed E-state index contributed by atoms with van der Waals surface area (Å²) < 4.78 is 27.1. The molecule has 0 aliphatic carbocycles. The first-order valence-corrected chi connectivity index (χ1v) is 12.2. The second kappa shape index (κ2) is 9.15. The van der Waals surface area contributed by atoms with Gasteiger partial charge in [0.15, 0.2) is 5.13 Å². The van der Waals surface area contributed by atoms with Gasteiger partial charge < -0.3 is 5.32 Å². The van der Waals surface area contributed by atoms with Crippen LogP contribution in [0.15, 0.2) is 64.9 Å². The Hall–Kier alpha value is -3.15. The van der Waals surface area contributed by atoms with Crippen molar-refractivity contribution in [1.82, 2.24) is 9.29 Å². The van der Waals surface area contributed by atoms with Crippen molar-refractivity contribution >= 4 is 38.1 Å². The minimum Gasteiger partial charge on any atom is -0.302 e. The van der Waals surface area contributed by atoms with Gasteiger partial charge in [-0.1, -0.05) is 18.2 Å². The molecule has 0 spiro atoms. The summed E-state index contributed by atoms with van der Waals surface area (Å²) in [4.78, 5) is 27.7. The van der Waals surface area contributed by atoms with Crippen LogP contribution < -0.4 is 5.32 Å². The minimum absolute atomic E-state index is 0.00943. The molecule has 1 aliphatic rings. The number of piperidine rings is 1. The van der Waals surface area contributed by atoms with Crippen LogP contribution in [-0.2, 0) is 14.8 Å². The summed E-state index contributed by atoms with van der Waals surface area (Å²) in [6, 6.07) is 14.2. The molecule has 1 atom stereocenters. The summed E-state index contributed by atoms with van der Waals surface area (Å²) in [6.45, 7) is 0.492. The fourth-order valence-corrected chi connectivity index (χ4v) is 5.81. The van der Waals surface area contributed by atoms with Crippen LogP contribution in [0, 0.1) is 16.0 Å². The van der Waals surface area contributed by atoms with Crippen molar-refractivity contribution in [2.45, 2.75) is 17.7 Å². The van der Waals surface area contributed by atoms with Crippen molar-refractivity contribution in [1.29, 1.82) is 0 Å². The number of anilines is 1. The van der Waals surface area contributed by atoms with Gasteiger partial charge in [0, 0.05) is 36.2 Å². The zero-order valence-electron chi connectivity index (χ0n) is 16.9. The van der Waals surface area contributed by atoms with E-state index in [2.05, 4.69) is 10.3 Å². The molecule has 1 unspecified atom stereocenters. The van der Waals surface area contributed by atoms with Gasteiger partial charge in [0.2, 0.25) is 15.9 Å². The molecule has 4 rings (SSSR count). The molecule has 0 bridgehead atoms. The van der Waals surface area contributed by atoms with Gasteiger partial charge >= 0.3 is 0 Å². The molecule has 2 heterocycles. The highest BCUT2D eigenvalue weighted by Crippen LogP contribution is 2.28. The number of thiazole rings is 1. The van der Waals surface area contributed by atoms with Crippen molar-refractivity contribution in [2.75, 3.05) is 18.4 Å². The number of nitrogens with zero attached hydrogens (tertiary/aromatic N) is 3. The largest absolute Gasteiger partial charge is 0.302 e. The van der Waals surface area contributed by atoms with Gasteiger partial charge in [-0.15, -0.1) is 11.3 Å². The average molecular weight is 473 g/mol. The molecule has 1 aliphatic heterocycles. The molecule has 1 saturated heterocycles. The Kier molecular flexibility index (Phi) is 6.31. The first-order chi connectivity index (χ1) is 15.3. The van der Waals surface area contributed by atoms with Crippen LogP contribution in [0.3, 0.4) is 0 Å². The number of non-ortho nitro benzene ring substituents is 1. The molecule has 1 N–H and O–H groups in total. The number of carbonyl (C=O) groups is 1. The standard InChI is InChI=1S/C21H20N4O5S2/c26-20(16-5-4-12-24(13-16)32(29,30)18-6-2-1-3-7-18)23-21-22-19(14-31-21)15-8-10-17(11-9-15)25(27)28/h1-3,6-11,14,16H,4-5,12-13H2,(H,22,23,26). The predicted octanol–water partition coefficient (Wildman–Crippen LogP) is 3.76. The van der Waals surface area contributed by atoms with Crippen molar-refractivity contribution in [3.05, 3.63) is 70.1 Å². The molecule has 1 fully saturated rings. The van der Waals surface area contributed by atoms with Crippen LogP contribution in [0.2, 0.25) is 0 Å². The molecule has 32 heavy (non-hydrogen) atoms. The maximum absolute atomic E-state index is 12.9. The third kappa shape index (κ3) is 4.69. The first-order valence-electron chi connectivity index (χ1n) is 9.91. The summed E-state index contributed by atoms with van der Waals surface area (Å²) in [7, 11) is -3.65. The number of rotatable bonds is 6. The number of hydrogen-bond donors (Lipinski definition) is 1. The smallest absolute Gasteiger partial charge is 0.269 e. The maximum Gasteiger partial charge on any atom is 0.269 e. The van der Waals surface area contributed by atoms with E-state index in [0.717, 1.165) is 0 Å². The third-order valence-corrected chi connectivity index (χ3v) is 7.88. The Morgan fingerprint density at radius 2 is 1.88 bits per heavy atom. The molecule has 2 aromatic carbocycles. The number of nitrogens with one attached hydrogen (secondary N) is 1. The van der Waals surface area contributed by atoms with Gasteiger partial charge in [0.1, 0.15) is 0 Å². The molecule has 1 aromatic heterocycles. The van der Waals surface area contributed by atoms with E-state index in [4.69, 9.17) is 0 Å². The van der Waals surface area contributed by atoms with E-state index in [9.17, 15) is 23.3 Å². The lowest BCUT2D eigenvalue weighted by Gasteiger charge is -2.31. The first kappa shape index (κ1) is 22.1. The van der Waals surface area contributed by atoms with Crippen molar-refractivity contribution < 1.29 is 18.1 Å². The molecule has 11 heteroatoms. The number of nitro groups is 1. The van der Waals surface area contributed by atoms with Gasteiger partial charge in [-0.2, -0.15) is 4.31 Å². The topological polar surface area (TPSA) is 123 Å². The fourth-order valence-electron chi connectivity index (χ4n) is 3.54. The molecular weight excluding hydrogens is 452 g/mol. The number of carbonyl (C=O) groups excluding carboxylic acids is 1. The van der Waals surface area contributed by atoms with Crippen LogP contribution >= 0.6 is 11.3 Å². The Bertz CT molecular complexity index is 1230. The summed E-state index contributed by atoms with van der Waals surface area (Å²) in [5.74, 6) is -0.753. The summed E-state index contributed by atoms with van der Waals surface area (Å²) in [6.07, 6.45) is 1.18. The van der Waals surface area contributed by atoms with E-state index in [1.165, 1.54) is 27.8 Å². The van der Waals surface area contributed by atoms with E-state index < -0.39 is 20.9 Å². The molecular formula is C21H20N4O5S2. The van der Waals surface area contributed by atoms with Crippen molar-refractivity contribution in [3.63, 3.8) is 0 Å². The second-order valence-electron chi connectivity index (χ2n) is 7.35. The lowest BCUT2D eigenvalue weighted by molar-refractivity contribution is -0.384. The van der Waals surface area contributed by atoms with Crippen molar-refractivity contribution in [2.24, 2.45) is 5.92 Å².